The molecule has 0 bridgehead atoms. The monoisotopic (exact) mass is 551 g/mol. The summed E-state index contributed by atoms with van der Waals surface area (Å²) in [5.74, 6) is 0.714. The summed E-state index contributed by atoms with van der Waals surface area (Å²) in [5, 5.41) is 17.4. The smallest absolute Gasteiger partial charge is 0.251 e. The number of rotatable bonds is 6. The Kier molecular flexibility index (Phi) is 6.65. The Morgan fingerprint density at radius 2 is 1.98 bits per heavy atom. The number of hydrogen-bond donors (Lipinski definition) is 2. The Morgan fingerprint density at radius 3 is 2.77 bits per heavy atom. The van der Waals surface area contributed by atoms with Crippen molar-refractivity contribution in [2.75, 3.05) is 24.5 Å². The standard InChI is InChI=1S/C31H30ClN7O/c1-30(2,18-33)23-14-20(6-8-24(23)32)29(40)35-17-22-15-27-21(16-34-22)7-9-26(37-27)25-4-3-5-28(38-25)39-13-12-36-31(19-39)10-11-31/h3-9,14-16,36H,10-13,17,19H2,1-2H3,(H,35,40). The number of nitrogens with one attached hydrogen (secondary N) is 2. The quantitative estimate of drug-likeness (QED) is 0.346. The second kappa shape index (κ2) is 10.2. The Balaban J connectivity index is 1.19. The van der Waals surface area contributed by atoms with Crippen molar-refractivity contribution >= 4 is 34.2 Å². The molecule has 0 atom stereocenters. The first-order valence-electron chi connectivity index (χ1n) is 13.5. The van der Waals surface area contributed by atoms with Gasteiger partial charge in [0.15, 0.2) is 0 Å². The molecule has 40 heavy (non-hydrogen) atoms. The Labute approximate surface area is 238 Å². The van der Waals surface area contributed by atoms with E-state index < -0.39 is 5.41 Å². The van der Waals surface area contributed by atoms with E-state index in [1.54, 1.807) is 38.2 Å². The van der Waals surface area contributed by atoms with Crippen LogP contribution in [0.3, 0.4) is 0 Å². The van der Waals surface area contributed by atoms with Gasteiger partial charge in [0.05, 0.1) is 40.6 Å². The number of amides is 1. The molecule has 1 amide bonds. The van der Waals surface area contributed by atoms with Gasteiger partial charge in [-0.3, -0.25) is 9.78 Å². The highest BCUT2D eigenvalue weighted by Gasteiger charge is 2.45. The molecule has 1 saturated carbocycles. The molecule has 2 N–H and O–H groups in total. The lowest BCUT2D eigenvalue weighted by molar-refractivity contribution is 0.0950. The second-order valence-corrected chi connectivity index (χ2v) is 11.6. The normalized spacial score (nSPS) is 16.1. The van der Waals surface area contributed by atoms with Crippen LogP contribution in [0.5, 0.6) is 0 Å². The minimum Gasteiger partial charge on any atom is -0.353 e. The molecule has 1 saturated heterocycles. The number of hydrogen-bond acceptors (Lipinski definition) is 7. The molecular formula is C31H30ClN7O. The highest BCUT2D eigenvalue weighted by Crippen LogP contribution is 2.38. The Bertz CT molecular complexity index is 1660. The molecule has 6 rings (SSSR count). The van der Waals surface area contributed by atoms with E-state index in [-0.39, 0.29) is 18.0 Å². The molecule has 1 aromatic carbocycles. The maximum Gasteiger partial charge on any atom is 0.251 e. The third kappa shape index (κ3) is 5.23. The van der Waals surface area contributed by atoms with Gasteiger partial charge in [0.1, 0.15) is 5.82 Å². The average molecular weight is 552 g/mol. The number of nitriles is 1. The molecule has 1 spiro atoms. The van der Waals surface area contributed by atoms with Crippen LogP contribution >= 0.6 is 11.6 Å². The zero-order valence-electron chi connectivity index (χ0n) is 22.5. The van der Waals surface area contributed by atoms with Gasteiger partial charge in [-0.2, -0.15) is 5.26 Å². The number of carbonyl (C=O) groups is 1. The summed E-state index contributed by atoms with van der Waals surface area (Å²) >= 11 is 6.30. The van der Waals surface area contributed by atoms with Crippen LogP contribution in [0.4, 0.5) is 5.82 Å². The highest BCUT2D eigenvalue weighted by atomic mass is 35.5. The van der Waals surface area contributed by atoms with Crippen molar-refractivity contribution in [3.8, 4) is 17.5 Å². The lowest BCUT2D eigenvalue weighted by atomic mass is 9.85. The van der Waals surface area contributed by atoms with Crippen LogP contribution in [0.2, 0.25) is 5.02 Å². The summed E-state index contributed by atoms with van der Waals surface area (Å²) < 4.78 is 0. The summed E-state index contributed by atoms with van der Waals surface area (Å²) in [6.45, 7) is 6.69. The summed E-state index contributed by atoms with van der Waals surface area (Å²) in [4.78, 5) is 29.6. The van der Waals surface area contributed by atoms with Gasteiger partial charge in [0.25, 0.3) is 5.91 Å². The fraction of sp³-hybridized carbons (Fsp3) is 0.323. The molecule has 4 heterocycles. The number of pyridine rings is 3. The maximum atomic E-state index is 12.9. The second-order valence-electron chi connectivity index (χ2n) is 11.2. The molecule has 3 aromatic heterocycles. The fourth-order valence-electron chi connectivity index (χ4n) is 5.16. The molecule has 2 aliphatic rings. The summed E-state index contributed by atoms with van der Waals surface area (Å²) in [7, 11) is 0. The first-order chi connectivity index (χ1) is 19.2. The van der Waals surface area contributed by atoms with Crippen molar-refractivity contribution in [1.82, 2.24) is 25.6 Å². The molecule has 8 nitrogen and oxygen atoms in total. The van der Waals surface area contributed by atoms with E-state index in [2.05, 4.69) is 32.7 Å². The number of aromatic nitrogens is 3. The van der Waals surface area contributed by atoms with E-state index in [1.165, 1.54) is 12.8 Å². The number of halogens is 1. The predicted octanol–water partition coefficient (Wildman–Crippen LogP) is 5.02. The fourth-order valence-corrected chi connectivity index (χ4v) is 5.51. The topological polar surface area (TPSA) is 107 Å². The van der Waals surface area contributed by atoms with Gasteiger partial charge in [0.2, 0.25) is 0 Å². The molecule has 2 fully saturated rings. The van der Waals surface area contributed by atoms with E-state index in [1.807, 2.05) is 30.3 Å². The van der Waals surface area contributed by atoms with Gasteiger partial charge in [-0.15, -0.1) is 0 Å². The van der Waals surface area contributed by atoms with E-state index in [9.17, 15) is 10.1 Å². The molecule has 0 radical (unpaired) electrons. The molecule has 9 heteroatoms. The van der Waals surface area contributed by atoms with Crippen LogP contribution in [0, 0.1) is 11.3 Å². The van der Waals surface area contributed by atoms with Crippen LogP contribution in [-0.2, 0) is 12.0 Å². The lowest BCUT2D eigenvalue weighted by Crippen LogP contribution is -2.52. The predicted molar refractivity (Wildman–Crippen MR) is 156 cm³/mol. The number of piperazine rings is 1. The lowest BCUT2D eigenvalue weighted by Gasteiger charge is -2.35. The largest absolute Gasteiger partial charge is 0.353 e. The SMILES string of the molecule is CC(C)(C#N)c1cc(C(=O)NCc2cc3nc(-c4cccc(N5CCNC6(CC6)C5)n4)ccc3cn2)ccc1Cl. The van der Waals surface area contributed by atoms with E-state index in [4.69, 9.17) is 21.6 Å². The van der Waals surface area contributed by atoms with Gasteiger partial charge in [-0.1, -0.05) is 17.7 Å². The number of anilines is 1. The van der Waals surface area contributed by atoms with Crippen molar-refractivity contribution in [1.29, 1.82) is 5.26 Å². The van der Waals surface area contributed by atoms with Gasteiger partial charge in [0, 0.05) is 47.3 Å². The van der Waals surface area contributed by atoms with E-state index in [0.717, 1.165) is 47.7 Å². The summed E-state index contributed by atoms with van der Waals surface area (Å²) in [5.41, 5.74) is 3.61. The van der Waals surface area contributed by atoms with Gasteiger partial charge in [-0.05, 0) is 80.8 Å². The first-order valence-corrected chi connectivity index (χ1v) is 13.9. The molecule has 202 valence electrons. The molecule has 1 aliphatic carbocycles. The Hall–Kier alpha value is -4.06. The Morgan fingerprint density at radius 1 is 1.15 bits per heavy atom. The minimum absolute atomic E-state index is 0.235. The molecule has 4 aromatic rings. The van der Waals surface area contributed by atoms with Crippen LogP contribution < -0.4 is 15.5 Å². The van der Waals surface area contributed by atoms with Crippen molar-refractivity contribution in [3.63, 3.8) is 0 Å². The van der Waals surface area contributed by atoms with Gasteiger partial charge in [-0.25, -0.2) is 9.97 Å². The van der Waals surface area contributed by atoms with Gasteiger partial charge < -0.3 is 15.5 Å². The third-order valence-electron chi connectivity index (χ3n) is 7.79. The molecule has 1 aliphatic heterocycles. The van der Waals surface area contributed by atoms with Crippen molar-refractivity contribution in [3.05, 3.63) is 82.6 Å². The van der Waals surface area contributed by atoms with Crippen molar-refractivity contribution in [2.24, 2.45) is 0 Å². The number of benzene rings is 1. The van der Waals surface area contributed by atoms with Crippen molar-refractivity contribution < 1.29 is 4.79 Å². The van der Waals surface area contributed by atoms with Crippen LogP contribution in [0.1, 0.15) is 48.3 Å². The van der Waals surface area contributed by atoms with Crippen LogP contribution in [0.15, 0.2) is 60.8 Å². The third-order valence-corrected chi connectivity index (χ3v) is 8.12. The summed E-state index contributed by atoms with van der Waals surface area (Å²) in [6.07, 6.45) is 4.22. The van der Waals surface area contributed by atoms with Crippen molar-refractivity contribution in [2.45, 2.75) is 44.2 Å². The minimum atomic E-state index is -0.810. The number of nitrogens with zero attached hydrogens (tertiary/aromatic N) is 5. The zero-order valence-corrected chi connectivity index (χ0v) is 23.3. The van der Waals surface area contributed by atoms with Crippen LogP contribution in [0.25, 0.3) is 22.3 Å². The number of fused-ring (bicyclic) bond motifs is 1. The van der Waals surface area contributed by atoms with E-state index in [0.29, 0.717) is 21.8 Å². The van der Waals surface area contributed by atoms with E-state index >= 15 is 0 Å². The average Bonchev–Trinajstić information content (AvgIpc) is 3.73. The highest BCUT2D eigenvalue weighted by molar-refractivity contribution is 6.31. The maximum absolute atomic E-state index is 12.9. The van der Waals surface area contributed by atoms with Crippen LogP contribution in [-0.4, -0.2) is 46.0 Å². The number of carbonyl (C=O) groups excluding carboxylic acids is 1. The molecular weight excluding hydrogens is 522 g/mol. The van der Waals surface area contributed by atoms with Gasteiger partial charge >= 0.3 is 0 Å². The molecule has 0 unspecified atom stereocenters. The zero-order chi connectivity index (χ0) is 27.9. The first kappa shape index (κ1) is 26.2. The summed E-state index contributed by atoms with van der Waals surface area (Å²) in [6, 6.07) is 19.2.